The van der Waals surface area contributed by atoms with Crippen LogP contribution in [0.25, 0.3) is 11.0 Å². The van der Waals surface area contributed by atoms with E-state index >= 15 is 0 Å². The fourth-order valence-corrected chi connectivity index (χ4v) is 0.994. The van der Waals surface area contributed by atoms with Crippen molar-refractivity contribution in [1.82, 2.24) is 0 Å². The number of hydrogen-bond donors (Lipinski definition) is 0. The van der Waals surface area contributed by atoms with Crippen LogP contribution in [0.2, 0.25) is 0 Å². The zero-order valence-electron chi connectivity index (χ0n) is 5.97. The van der Waals surface area contributed by atoms with Crippen LogP contribution in [-0.2, 0) is 0 Å². The van der Waals surface area contributed by atoms with Crippen molar-refractivity contribution in [2.45, 2.75) is 0 Å². The maximum absolute atomic E-state index is 12.6. The minimum atomic E-state index is -0.415. The highest BCUT2D eigenvalue weighted by molar-refractivity contribution is 5.77. The molecule has 57 valence electrons. The van der Waals surface area contributed by atoms with Gasteiger partial charge < -0.3 is 4.42 Å². The average molecular weight is 160 g/mol. The molecule has 0 atom stereocenters. The summed E-state index contributed by atoms with van der Waals surface area (Å²) in [6, 6.07) is 8.44. The van der Waals surface area contributed by atoms with E-state index in [1.807, 2.05) is 6.07 Å². The smallest absolute Gasteiger partial charge is 0.204 e. The van der Waals surface area contributed by atoms with Crippen LogP contribution >= 0.6 is 0 Å². The summed E-state index contributed by atoms with van der Waals surface area (Å²) >= 11 is 0. The van der Waals surface area contributed by atoms with Gasteiger partial charge in [-0.05, 0) is 12.1 Å². The summed E-state index contributed by atoms with van der Waals surface area (Å²) in [6.07, 6.45) is 0. The Kier molecular flexibility index (Phi) is 1.34. The van der Waals surface area contributed by atoms with Crippen molar-refractivity contribution in [3.05, 3.63) is 35.8 Å². The molecule has 0 saturated carbocycles. The molecule has 0 amide bonds. The second-order valence-corrected chi connectivity index (χ2v) is 2.32. The number of nitrogens with zero attached hydrogens (tertiary/aromatic N) is 1. The lowest BCUT2D eigenvalue weighted by molar-refractivity contribution is 0.587. The Balaban J connectivity index is 2.77. The lowest BCUT2D eigenvalue weighted by atomic mass is 10.2. The molecular formula is C9H3FNO. The molecule has 0 N–H and O–H groups in total. The van der Waals surface area contributed by atoms with Crippen molar-refractivity contribution in [3.63, 3.8) is 0 Å². The van der Waals surface area contributed by atoms with Gasteiger partial charge in [0.15, 0.2) is 0 Å². The van der Waals surface area contributed by atoms with E-state index in [0.29, 0.717) is 11.0 Å². The molecule has 1 aromatic carbocycles. The van der Waals surface area contributed by atoms with Crippen LogP contribution in [0.1, 0.15) is 5.76 Å². The highest BCUT2D eigenvalue weighted by atomic mass is 19.1. The van der Waals surface area contributed by atoms with Gasteiger partial charge in [-0.1, -0.05) is 0 Å². The van der Waals surface area contributed by atoms with Gasteiger partial charge in [0, 0.05) is 17.5 Å². The van der Waals surface area contributed by atoms with Gasteiger partial charge in [-0.3, -0.25) is 0 Å². The Labute approximate surface area is 67.8 Å². The molecule has 0 spiro atoms. The largest absolute Gasteiger partial charge is 0.445 e. The van der Waals surface area contributed by atoms with E-state index in [4.69, 9.17) is 9.68 Å². The van der Waals surface area contributed by atoms with Crippen LogP contribution in [0.4, 0.5) is 4.39 Å². The zero-order valence-corrected chi connectivity index (χ0v) is 5.97. The first kappa shape index (κ1) is 6.86. The molecule has 0 saturated heterocycles. The van der Waals surface area contributed by atoms with Gasteiger partial charge in [0.05, 0.1) is 0 Å². The van der Waals surface area contributed by atoms with Gasteiger partial charge in [-0.25, -0.2) is 4.39 Å². The molecule has 1 aromatic heterocycles. The lowest BCUT2D eigenvalue weighted by Crippen LogP contribution is -1.69. The first-order chi connectivity index (χ1) is 5.79. The van der Waals surface area contributed by atoms with Crippen LogP contribution in [0.3, 0.4) is 0 Å². The van der Waals surface area contributed by atoms with Gasteiger partial charge in [0.2, 0.25) is 5.76 Å². The summed E-state index contributed by atoms with van der Waals surface area (Å²) < 4.78 is 17.5. The Morgan fingerprint density at radius 1 is 1.50 bits per heavy atom. The third-order valence-corrected chi connectivity index (χ3v) is 1.51. The van der Waals surface area contributed by atoms with Crippen LogP contribution in [0.5, 0.6) is 0 Å². The number of benzene rings is 1. The molecule has 12 heavy (non-hydrogen) atoms. The average Bonchev–Trinajstić information content (AvgIpc) is 2.46. The Morgan fingerprint density at radius 3 is 3.08 bits per heavy atom. The molecule has 0 bridgehead atoms. The summed E-state index contributed by atoms with van der Waals surface area (Å²) in [5, 5.41) is 9.08. The van der Waals surface area contributed by atoms with Crippen LogP contribution < -0.4 is 0 Å². The summed E-state index contributed by atoms with van der Waals surface area (Å²) in [7, 11) is 0. The standard InChI is InChI=1S/C9H3FNO/c10-7-2-1-6-3-8(5-11)12-9(6)4-7/h2-4H. The molecule has 1 heterocycles. The summed E-state index contributed by atoms with van der Waals surface area (Å²) in [6.45, 7) is 0. The minimum absolute atomic E-state index is 0.173. The normalized spacial score (nSPS) is 10.0. The van der Waals surface area contributed by atoms with Crippen LogP contribution in [0, 0.1) is 23.2 Å². The first-order valence-electron chi connectivity index (χ1n) is 3.30. The predicted molar refractivity (Wildman–Crippen MR) is 39.7 cm³/mol. The molecule has 0 aliphatic rings. The van der Waals surface area contributed by atoms with Gasteiger partial charge in [-0.2, -0.15) is 5.26 Å². The topological polar surface area (TPSA) is 36.9 Å². The van der Waals surface area contributed by atoms with Gasteiger partial charge >= 0.3 is 0 Å². The molecule has 3 heteroatoms. The third kappa shape index (κ3) is 0.940. The van der Waals surface area contributed by atoms with E-state index in [1.165, 1.54) is 18.2 Å². The molecule has 0 aliphatic heterocycles. The second kappa shape index (κ2) is 2.35. The molecule has 0 fully saturated rings. The van der Waals surface area contributed by atoms with E-state index in [9.17, 15) is 4.39 Å². The van der Waals surface area contributed by atoms with Crippen LogP contribution in [-0.4, -0.2) is 0 Å². The van der Waals surface area contributed by atoms with Crippen molar-refractivity contribution < 1.29 is 8.81 Å². The highest BCUT2D eigenvalue weighted by Crippen LogP contribution is 2.18. The summed E-state index contributed by atoms with van der Waals surface area (Å²) in [5.74, 6) is -0.242. The fraction of sp³-hybridized carbons (Fsp3) is 0. The van der Waals surface area contributed by atoms with Crippen molar-refractivity contribution in [2.75, 3.05) is 0 Å². The number of nitriles is 1. The minimum Gasteiger partial charge on any atom is -0.445 e. The number of halogens is 1. The number of hydrogen-bond acceptors (Lipinski definition) is 2. The second-order valence-electron chi connectivity index (χ2n) is 2.32. The van der Waals surface area contributed by atoms with Crippen molar-refractivity contribution in [2.24, 2.45) is 0 Å². The summed E-state index contributed by atoms with van der Waals surface area (Å²) in [4.78, 5) is 0. The van der Waals surface area contributed by atoms with E-state index in [-0.39, 0.29) is 5.76 Å². The number of fused-ring (bicyclic) bond motifs is 1. The molecular weight excluding hydrogens is 157 g/mol. The Bertz CT molecular complexity index is 467. The molecule has 2 aromatic rings. The third-order valence-electron chi connectivity index (χ3n) is 1.51. The lowest BCUT2D eigenvalue weighted by Gasteiger charge is -1.85. The van der Waals surface area contributed by atoms with Gasteiger partial charge in [0.1, 0.15) is 17.5 Å². The van der Waals surface area contributed by atoms with E-state index < -0.39 is 5.82 Å². The Morgan fingerprint density at radius 2 is 2.33 bits per heavy atom. The fourth-order valence-electron chi connectivity index (χ4n) is 0.994. The molecule has 0 aliphatic carbocycles. The highest BCUT2D eigenvalue weighted by Gasteiger charge is 2.03. The maximum Gasteiger partial charge on any atom is 0.204 e. The van der Waals surface area contributed by atoms with Crippen LogP contribution in [0.15, 0.2) is 22.6 Å². The van der Waals surface area contributed by atoms with Crippen molar-refractivity contribution in [3.8, 4) is 6.07 Å². The number of rotatable bonds is 0. The van der Waals surface area contributed by atoms with Gasteiger partial charge in [-0.15, -0.1) is 0 Å². The quantitative estimate of drug-likeness (QED) is 0.592. The molecule has 2 nitrogen and oxygen atoms in total. The molecule has 0 unspecified atom stereocenters. The summed E-state index contributed by atoms with van der Waals surface area (Å²) in [5.41, 5.74) is 0.353. The van der Waals surface area contributed by atoms with E-state index in [0.717, 1.165) is 0 Å². The van der Waals surface area contributed by atoms with E-state index in [2.05, 4.69) is 6.07 Å². The van der Waals surface area contributed by atoms with Crippen molar-refractivity contribution in [1.29, 1.82) is 5.26 Å². The SMILES string of the molecule is N#Cc1cc2[c]cc(F)cc2o1. The molecule has 2 rings (SSSR count). The number of furan rings is 1. The molecule has 1 radical (unpaired) electrons. The van der Waals surface area contributed by atoms with Gasteiger partial charge in [0.25, 0.3) is 0 Å². The monoisotopic (exact) mass is 160 g/mol. The Hall–Kier alpha value is -1.82. The maximum atomic E-state index is 12.6. The first-order valence-corrected chi connectivity index (χ1v) is 3.30. The predicted octanol–water partition coefficient (Wildman–Crippen LogP) is 2.24. The van der Waals surface area contributed by atoms with E-state index in [1.54, 1.807) is 0 Å². The zero-order chi connectivity index (χ0) is 8.55. The van der Waals surface area contributed by atoms with Crippen molar-refractivity contribution >= 4 is 11.0 Å².